The Morgan fingerprint density at radius 3 is 0.722 bits per heavy atom. The van der Waals surface area contributed by atoms with Gasteiger partial charge < -0.3 is 108 Å². The Kier molecular flexibility index (Phi) is 62.7. The van der Waals surface area contributed by atoms with Gasteiger partial charge in [0.05, 0.1) is 23.9 Å². The number of hydrogen-bond acceptors (Lipinski definition) is 19. The molecular weight excluding hydrogens is 1300 g/mol. The molecule has 23 nitrogen and oxygen atoms in total. The zero-order valence-electron chi connectivity index (χ0n) is 53.5. The van der Waals surface area contributed by atoms with Crippen LogP contribution in [0.3, 0.4) is 0 Å². The van der Waals surface area contributed by atoms with E-state index in [-0.39, 0.29) is 103 Å². The standard InChI is InChI=1S/2C29H33NO5.5CH4O.CH3O.3Mn.5H2O/c2*1-28(2,21-11-7-5-8-12-21)23-15-20(17-30(18-25(31)32)19-26(33)34)27(35)24(16-23)29(3,4)22-13-9-6-10-14-22;6*1-2;;;;;;;;/h2*5-16,35H,17-19H2,1-4H3,(H,31,32)(H,33,34);5*2H,1H3;1H3;;;;5*1H2/q;;;;;;;-1;+2;2*+3;;;;;/p-4. The molecule has 90 heavy (non-hydrogen) atoms. The summed E-state index contributed by atoms with van der Waals surface area (Å²) < 4.78 is 0. The first-order valence-corrected chi connectivity index (χ1v) is 25.7. The van der Waals surface area contributed by atoms with Gasteiger partial charge in [0.25, 0.3) is 0 Å². The van der Waals surface area contributed by atoms with Gasteiger partial charge in [-0.15, -0.1) is 11.5 Å². The molecular formula is C64H95Mn3N2O21+3. The van der Waals surface area contributed by atoms with Gasteiger partial charge in [-0.2, -0.15) is 7.11 Å². The number of carbonyl (C=O) groups excluding carboxylic acids is 4. The van der Waals surface area contributed by atoms with Crippen molar-refractivity contribution in [3.05, 3.63) is 201 Å². The van der Waals surface area contributed by atoms with Gasteiger partial charge in [-0.05, 0) is 55.6 Å². The van der Waals surface area contributed by atoms with Crippen LogP contribution >= 0.6 is 0 Å². The molecule has 0 fully saturated rings. The minimum atomic E-state index is -1.43. The fourth-order valence-electron chi connectivity index (χ4n) is 8.87. The molecule has 0 unspecified atom stereocenters. The van der Waals surface area contributed by atoms with Gasteiger partial charge in [0, 0.05) is 96.5 Å². The van der Waals surface area contributed by atoms with Crippen molar-refractivity contribution >= 4 is 23.9 Å². The third kappa shape index (κ3) is 31.7. The van der Waals surface area contributed by atoms with Crippen LogP contribution in [0.2, 0.25) is 0 Å². The molecule has 0 saturated carbocycles. The summed E-state index contributed by atoms with van der Waals surface area (Å²) in [6.45, 7) is 13.3. The number of carboxylic acid groups (broad SMARTS) is 4. The maximum absolute atomic E-state index is 13.8. The Labute approximate surface area is 561 Å². The number of aliphatic carboxylic acids is 4. The Balaban J connectivity index is -0.000000141. The van der Waals surface area contributed by atoms with Crippen molar-refractivity contribution in [3.8, 4) is 11.5 Å². The number of aliphatic hydroxyl groups excluding tert-OH is 5. The first kappa shape index (κ1) is 106. The Bertz CT molecular complexity index is 2580. The summed E-state index contributed by atoms with van der Waals surface area (Å²) in [4.78, 5) is 47.3. The first-order chi connectivity index (χ1) is 38.8. The van der Waals surface area contributed by atoms with E-state index in [1.807, 2.05) is 161 Å². The summed E-state index contributed by atoms with van der Waals surface area (Å²) >= 11 is 0. The molecule has 6 aromatic rings. The largest absolute Gasteiger partial charge is 3.00 e. The third-order valence-corrected chi connectivity index (χ3v) is 13.3. The summed E-state index contributed by atoms with van der Waals surface area (Å²) in [6, 6.07) is 46.5. The normalized spacial score (nSPS) is 9.76. The molecule has 505 valence electrons. The minimum Gasteiger partial charge on any atom is -0.872 e. The molecule has 0 aliphatic carbocycles. The zero-order chi connectivity index (χ0) is 63.6. The van der Waals surface area contributed by atoms with E-state index in [2.05, 4.69) is 27.7 Å². The molecule has 26 heteroatoms. The molecule has 1 radical (unpaired) electrons. The Hall–Kier alpha value is -6.16. The molecule has 0 saturated heterocycles. The quantitative estimate of drug-likeness (QED) is 0.0369. The van der Waals surface area contributed by atoms with E-state index in [0.717, 1.165) is 85.8 Å². The number of nitrogens with zero attached hydrogens (tertiary/aromatic N) is 2. The van der Waals surface area contributed by atoms with Crippen molar-refractivity contribution in [1.29, 1.82) is 0 Å². The number of carbonyl (C=O) groups is 4. The van der Waals surface area contributed by atoms with Crippen molar-refractivity contribution in [3.63, 3.8) is 0 Å². The smallest absolute Gasteiger partial charge is 0.872 e. The topological polar surface area (TPSA) is 498 Å². The molecule has 0 aliphatic rings. The molecule has 0 heterocycles. The van der Waals surface area contributed by atoms with Crippen LogP contribution in [-0.2, 0) is 122 Å². The van der Waals surface area contributed by atoms with Gasteiger partial charge in [0.1, 0.15) is 0 Å². The van der Waals surface area contributed by atoms with E-state index in [1.54, 1.807) is 12.1 Å². The zero-order valence-corrected chi connectivity index (χ0v) is 57.1. The van der Waals surface area contributed by atoms with E-state index < -0.39 is 71.7 Å². The molecule has 0 amide bonds. The second-order valence-electron chi connectivity index (χ2n) is 19.8. The van der Waals surface area contributed by atoms with Gasteiger partial charge in [-0.1, -0.05) is 201 Å². The second-order valence-corrected chi connectivity index (χ2v) is 19.8. The third-order valence-electron chi connectivity index (χ3n) is 13.3. The van der Waals surface area contributed by atoms with Crippen molar-refractivity contribution in [1.82, 2.24) is 9.80 Å². The summed E-state index contributed by atoms with van der Waals surface area (Å²) in [5.41, 5.74) is 5.29. The predicted octanol–water partition coefficient (Wildman–Crippen LogP) is -3.33. The molecule has 0 spiro atoms. The van der Waals surface area contributed by atoms with Crippen LogP contribution < -0.4 is 35.7 Å². The monoisotopic (exact) mass is 1390 g/mol. The minimum absolute atomic E-state index is 0. The molecule has 0 atom stereocenters. The van der Waals surface area contributed by atoms with Crippen LogP contribution in [-0.4, -0.2) is 139 Å². The van der Waals surface area contributed by atoms with Crippen molar-refractivity contribution in [2.75, 3.05) is 68.8 Å². The average molecular weight is 1390 g/mol. The molecule has 0 bridgehead atoms. The van der Waals surface area contributed by atoms with Gasteiger partial charge in [-0.3, -0.25) is 9.80 Å². The number of benzene rings is 6. The van der Waals surface area contributed by atoms with E-state index >= 15 is 0 Å². The van der Waals surface area contributed by atoms with E-state index in [9.17, 15) is 49.8 Å². The van der Waals surface area contributed by atoms with Crippen LogP contribution in [0.25, 0.3) is 0 Å². The second kappa shape index (κ2) is 53.5. The van der Waals surface area contributed by atoms with Gasteiger partial charge >= 0.3 is 51.2 Å². The first-order valence-electron chi connectivity index (χ1n) is 25.7. The fourth-order valence-corrected chi connectivity index (χ4v) is 8.87. The van der Waals surface area contributed by atoms with E-state index in [1.165, 1.54) is 0 Å². The fraction of sp³-hybridized carbons (Fsp3) is 0.375. The predicted molar refractivity (Wildman–Crippen MR) is 323 cm³/mol. The summed E-state index contributed by atoms with van der Waals surface area (Å²) in [7, 11) is 5.75. The summed E-state index contributed by atoms with van der Waals surface area (Å²) in [5, 5.41) is 116. The van der Waals surface area contributed by atoms with Crippen molar-refractivity contribution in [2.45, 2.75) is 90.1 Å². The Morgan fingerprint density at radius 2 is 0.544 bits per heavy atom. The number of carboxylic acids is 4. The maximum atomic E-state index is 13.8. The molecule has 6 aromatic carbocycles. The molecule has 0 aromatic heterocycles. The van der Waals surface area contributed by atoms with Crippen LogP contribution in [0.1, 0.15) is 111 Å². The number of aliphatic hydroxyl groups is 5. The van der Waals surface area contributed by atoms with Crippen LogP contribution in [0.15, 0.2) is 146 Å². The van der Waals surface area contributed by atoms with Crippen LogP contribution in [0, 0.1) is 0 Å². The molecule has 17 N–H and O–H groups in total. The van der Waals surface area contributed by atoms with E-state index in [0.29, 0.717) is 22.3 Å². The maximum Gasteiger partial charge on any atom is 3.00 e. The van der Waals surface area contributed by atoms with Crippen LogP contribution in [0.5, 0.6) is 11.5 Å². The van der Waals surface area contributed by atoms with Crippen molar-refractivity contribution in [2.24, 2.45) is 0 Å². The van der Waals surface area contributed by atoms with Gasteiger partial charge in [-0.25, -0.2) is 0 Å². The molecule has 0 aliphatic heterocycles. The SMILES string of the molecule is CC(C)(c1ccccc1)c1cc(CN(CC(=O)[O-])CC(=O)[O-])c([O-])c(C(C)(C)c2ccccc2)c1.CC(C)(c1ccccc1)c1cc(CN(CC(=O)[O-])CC(=O)[O-])c([O-])c(C(C)(C)c2ccccc2)c1.CO.CO.CO.CO.CO.C[O-].O.[Mn+2].[Mn+3].[Mn+3].[OH-].[OH3+].[OH3+].[OH3+]. The summed E-state index contributed by atoms with van der Waals surface area (Å²) in [5.74, 6) is -6.19. The Morgan fingerprint density at radius 1 is 0.367 bits per heavy atom. The van der Waals surface area contributed by atoms with Gasteiger partial charge in [0.2, 0.25) is 0 Å². The van der Waals surface area contributed by atoms with Crippen molar-refractivity contribution < 1.29 is 159 Å². The number of rotatable bonds is 20. The molecule has 6 rings (SSSR count). The van der Waals surface area contributed by atoms with Gasteiger partial charge in [0.15, 0.2) is 0 Å². The average Bonchev–Trinajstić information content (AvgIpc) is 3.47. The van der Waals surface area contributed by atoms with Crippen LogP contribution in [0.4, 0.5) is 0 Å². The number of hydrogen-bond donors (Lipinski definition) is 5. The van der Waals surface area contributed by atoms with E-state index in [4.69, 9.17) is 30.6 Å². The summed E-state index contributed by atoms with van der Waals surface area (Å²) in [6.07, 6.45) is 0.